The summed E-state index contributed by atoms with van der Waals surface area (Å²) in [6.07, 6.45) is -3.77. The first-order chi connectivity index (χ1) is 16.0. The fraction of sp³-hybridized carbons (Fsp3) is 0.0952. The van der Waals surface area contributed by atoms with Crippen molar-refractivity contribution in [1.82, 2.24) is 4.98 Å². The van der Waals surface area contributed by atoms with Crippen molar-refractivity contribution in [3.05, 3.63) is 77.1 Å². The predicted octanol–water partition coefficient (Wildman–Crippen LogP) is 5.84. The zero-order valence-corrected chi connectivity index (χ0v) is 16.5. The lowest BCUT2D eigenvalue weighted by molar-refractivity contribution is -0.140. The molecule has 1 N–H and O–H groups in total. The van der Waals surface area contributed by atoms with Gasteiger partial charge in [-0.25, -0.2) is 8.78 Å². The van der Waals surface area contributed by atoms with Gasteiger partial charge in [0.25, 0.3) is 5.91 Å². The van der Waals surface area contributed by atoms with E-state index in [-0.39, 0.29) is 17.4 Å². The molecule has 1 heterocycles. The molecule has 0 fully saturated rings. The molecular formula is C21H11F7N2O4. The van der Waals surface area contributed by atoms with Crippen molar-refractivity contribution in [2.24, 2.45) is 0 Å². The van der Waals surface area contributed by atoms with E-state index in [9.17, 15) is 40.3 Å². The van der Waals surface area contributed by atoms with Crippen LogP contribution < -0.4 is 14.8 Å². The average Bonchev–Trinajstić information content (AvgIpc) is 2.74. The van der Waals surface area contributed by atoms with Crippen LogP contribution in [0, 0.1) is 11.6 Å². The van der Waals surface area contributed by atoms with Crippen molar-refractivity contribution in [2.75, 3.05) is 5.32 Å². The number of halogens is 7. The van der Waals surface area contributed by atoms with Gasteiger partial charge < -0.3 is 14.8 Å². The lowest BCUT2D eigenvalue weighted by Crippen LogP contribution is -2.19. The quantitative estimate of drug-likeness (QED) is 0.334. The van der Waals surface area contributed by atoms with Crippen molar-refractivity contribution in [2.45, 2.75) is 12.8 Å². The predicted molar refractivity (Wildman–Crippen MR) is 102 cm³/mol. The molecule has 1 amide bonds. The molecule has 6 nitrogen and oxygen atoms in total. The van der Waals surface area contributed by atoms with Crippen LogP contribution in [0.5, 0.6) is 17.2 Å². The van der Waals surface area contributed by atoms with Crippen LogP contribution in [0.15, 0.2) is 48.7 Å². The minimum atomic E-state index is -5.20. The molecule has 0 aliphatic carbocycles. The van der Waals surface area contributed by atoms with Crippen LogP contribution in [0.25, 0.3) is 0 Å². The number of alkyl halides is 5. The Morgan fingerprint density at radius 2 is 1.71 bits per heavy atom. The van der Waals surface area contributed by atoms with Gasteiger partial charge in [0.05, 0.1) is 5.56 Å². The number of nitrogens with one attached hydrogen (secondary N) is 1. The minimum Gasteiger partial charge on any atom is -0.453 e. The van der Waals surface area contributed by atoms with Gasteiger partial charge in [-0.1, -0.05) is 0 Å². The molecule has 0 saturated heterocycles. The Morgan fingerprint density at radius 1 is 1.00 bits per heavy atom. The zero-order chi connectivity index (χ0) is 25.0. The molecule has 34 heavy (non-hydrogen) atoms. The van der Waals surface area contributed by atoms with Gasteiger partial charge in [-0.05, 0) is 36.4 Å². The van der Waals surface area contributed by atoms with E-state index in [1.54, 1.807) is 0 Å². The fourth-order valence-electron chi connectivity index (χ4n) is 2.73. The van der Waals surface area contributed by atoms with Crippen molar-refractivity contribution in [1.29, 1.82) is 0 Å². The first-order valence-electron chi connectivity index (χ1n) is 9.04. The average molecular weight is 488 g/mol. The normalized spacial score (nSPS) is 11.3. The fourth-order valence-corrected chi connectivity index (χ4v) is 2.73. The van der Waals surface area contributed by atoms with Crippen molar-refractivity contribution >= 4 is 17.9 Å². The SMILES string of the molecule is O=Cc1cc(NC(=O)c2c(Oc3ccc(F)cc3OC(F)F)ccc(C(F)(F)F)c2F)ccn1. The van der Waals surface area contributed by atoms with E-state index in [4.69, 9.17) is 4.74 Å². The molecule has 0 saturated carbocycles. The highest BCUT2D eigenvalue weighted by atomic mass is 19.4. The third kappa shape index (κ3) is 5.60. The number of anilines is 1. The highest BCUT2D eigenvalue weighted by Crippen LogP contribution is 2.39. The number of ether oxygens (including phenoxy) is 2. The summed E-state index contributed by atoms with van der Waals surface area (Å²) in [5.74, 6) is -6.78. The highest BCUT2D eigenvalue weighted by molar-refractivity contribution is 6.06. The van der Waals surface area contributed by atoms with Gasteiger partial charge in [0.1, 0.15) is 22.8 Å². The van der Waals surface area contributed by atoms with Crippen LogP contribution in [-0.2, 0) is 6.18 Å². The number of benzene rings is 2. The Hall–Kier alpha value is -4.16. The molecule has 3 aromatic rings. The number of aromatic nitrogens is 1. The van der Waals surface area contributed by atoms with Gasteiger partial charge in [-0.2, -0.15) is 22.0 Å². The van der Waals surface area contributed by atoms with Crippen LogP contribution in [0.1, 0.15) is 26.4 Å². The molecule has 2 aromatic carbocycles. The summed E-state index contributed by atoms with van der Waals surface area (Å²) < 4.78 is 103. The van der Waals surface area contributed by atoms with Crippen LogP contribution in [0.4, 0.5) is 36.4 Å². The van der Waals surface area contributed by atoms with Gasteiger partial charge in [-0.15, -0.1) is 0 Å². The van der Waals surface area contributed by atoms with Gasteiger partial charge in [0, 0.05) is 18.0 Å². The van der Waals surface area contributed by atoms with Crippen molar-refractivity contribution < 1.29 is 49.8 Å². The number of aldehydes is 1. The number of pyridine rings is 1. The number of rotatable bonds is 7. The summed E-state index contributed by atoms with van der Waals surface area (Å²) in [5.41, 5.74) is -3.31. The monoisotopic (exact) mass is 488 g/mol. The third-order valence-corrected chi connectivity index (χ3v) is 4.14. The van der Waals surface area contributed by atoms with E-state index in [0.717, 1.165) is 24.4 Å². The number of carbonyl (C=O) groups excluding carboxylic acids is 2. The lowest BCUT2D eigenvalue weighted by Gasteiger charge is -2.17. The first kappa shape index (κ1) is 24.5. The Morgan fingerprint density at radius 3 is 2.35 bits per heavy atom. The Balaban J connectivity index is 2.09. The summed E-state index contributed by atoms with van der Waals surface area (Å²) in [5, 5.41) is 2.10. The molecular weight excluding hydrogens is 477 g/mol. The van der Waals surface area contributed by atoms with Gasteiger partial charge in [-0.3, -0.25) is 14.6 Å². The van der Waals surface area contributed by atoms with E-state index in [1.165, 1.54) is 6.07 Å². The largest absolute Gasteiger partial charge is 0.453 e. The molecule has 0 bridgehead atoms. The first-order valence-corrected chi connectivity index (χ1v) is 9.04. The van der Waals surface area contributed by atoms with Gasteiger partial charge in [0.15, 0.2) is 23.6 Å². The third-order valence-electron chi connectivity index (χ3n) is 4.14. The Kier molecular flexibility index (Phi) is 7.03. The second-order valence-electron chi connectivity index (χ2n) is 6.41. The van der Waals surface area contributed by atoms with E-state index in [2.05, 4.69) is 15.0 Å². The smallest absolute Gasteiger partial charge is 0.419 e. The number of amides is 1. The molecule has 3 rings (SSSR count). The summed E-state index contributed by atoms with van der Waals surface area (Å²) in [4.78, 5) is 27.2. The van der Waals surface area contributed by atoms with E-state index < -0.39 is 58.7 Å². The van der Waals surface area contributed by atoms with E-state index >= 15 is 0 Å². The summed E-state index contributed by atoms with van der Waals surface area (Å²) >= 11 is 0. The van der Waals surface area contributed by atoms with Gasteiger partial charge in [0.2, 0.25) is 0 Å². The molecule has 0 spiro atoms. The van der Waals surface area contributed by atoms with Crippen LogP contribution in [0.2, 0.25) is 0 Å². The molecule has 178 valence electrons. The van der Waals surface area contributed by atoms with E-state index in [1.807, 2.05) is 0 Å². The van der Waals surface area contributed by atoms with Crippen molar-refractivity contribution in [3.8, 4) is 17.2 Å². The molecule has 0 radical (unpaired) electrons. The molecule has 0 aliphatic rings. The van der Waals surface area contributed by atoms with E-state index in [0.29, 0.717) is 18.4 Å². The molecule has 13 heteroatoms. The Bertz CT molecular complexity index is 1230. The lowest BCUT2D eigenvalue weighted by atomic mass is 10.1. The number of hydrogen-bond acceptors (Lipinski definition) is 5. The van der Waals surface area contributed by atoms with Gasteiger partial charge >= 0.3 is 12.8 Å². The topological polar surface area (TPSA) is 77.5 Å². The second kappa shape index (κ2) is 9.77. The maximum absolute atomic E-state index is 14.9. The molecule has 0 atom stereocenters. The van der Waals surface area contributed by atoms with Crippen LogP contribution in [-0.4, -0.2) is 23.8 Å². The Labute approximate surface area is 185 Å². The summed E-state index contributed by atoms with van der Waals surface area (Å²) in [7, 11) is 0. The van der Waals surface area contributed by atoms with Crippen LogP contribution in [0.3, 0.4) is 0 Å². The maximum atomic E-state index is 14.9. The highest BCUT2D eigenvalue weighted by Gasteiger charge is 2.37. The summed E-state index contributed by atoms with van der Waals surface area (Å²) in [6, 6.07) is 5.14. The number of carbonyl (C=O) groups is 2. The molecule has 0 unspecified atom stereocenters. The van der Waals surface area contributed by atoms with Crippen molar-refractivity contribution in [3.63, 3.8) is 0 Å². The maximum Gasteiger partial charge on any atom is 0.419 e. The standard InChI is InChI=1S/C21H11F7N2O4/c22-10-1-3-14(16(7-10)34-20(24)25)33-15-4-2-13(21(26,27)28)18(23)17(15)19(32)30-11-5-6-29-12(8-11)9-31/h1-9,20H,(H,29,30,32). The second-order valence-corrected chi connectivity index (χ2v) is 6.41. The number of hydrogen-bond donors (Lipinski definition) is 1. The molecule has 0 aliphatic heterocycles. The summed E-state index contributed by atoms with van der Waals surface area (Å²) in [6.45, 7) is -3.42. The molecule has 1 aromatic heterocycles. The number of nitrogens with zero attached hydrogens (tertiary/aromatic N) is 1. The minimum absolute atomic E-state index is 0.117. The van der Waals surface area contributed by atoms with Crippen LogP contribution >= 0.6 is 0 Å². The zero-order valence-electron chi connectivity index (χ0n) is 16.5.